The molecular formula is C13H21NO4. The Labute approximate surface area is 107 Å². The zero-order valence-corrected chi connectivity index (χ0v) is 10.6. The van der Waals surface area contributed by atoms with E-state index in [1.54, 1.807) is 0 Å². The minimum absolute atomic E-state index is 0.0152. The molecule has 1 unspecified atom stereocenters. The summed E-state index contributed by atoms with van der Waals surface area (Å²) in [6, 6.07) is 0. The highest BCUT2D eigenvalue weighted by atomic mass is 16.5. The minimum Gasteiger partial charge on any atom is -0.481 e. The molecule has 2 rings (SSSR count). The van der Waals surface area contributed by atoms with Gasteiger partial charge in [-0.3, -0.25) is 9.59 Å². The van der Waals surface area contributed by atoms with Gasteiger partial charge < -0.3 is 15.2 Å². The molecule has 5 heteroatoms. The van der Waals surface area contributed by atoms with Gasteiger partial charge in [-0.15, -0.1) is 0 Å². The van der Waals surface area contributed by atoms with Gasteiger partial charge in [-0.05, 0) is 19.3 Å². The topological polar surface area (TPSA) is 75.6 Å². The lowest BCUT2D eigenvalue weighted by molar-refractivity contribution is -0.139. The van der Waals surface area contributed by atoms with E-state index in [0.29, 0.717) is 19.6 Å². The summed E-state index contributed by atoms with van der Waals surface area (Å²) in [5.74, 6) is -0.809. The summed E-state index contributed by atoms with van der Waals surface area (Å²) in [4.78, 5) is 23.1. The van der Waals surface area contributed by atoms with Crippen molar-refractivity contribution in [1.29, 1.82) is 0 Å². The smallest absolute Gasteiger partial charge is 0.305 e. The van der Waals surface area contributed by atoms with Gasteiger partial charge in [-0.25, -0.2) is 0 Å². The molecule has 1 aliphatic heterocycles. The van der Waals surface area contributed by atoms with E-state index in [9.17, 15) is 9.59 Å². The lowest BCUT2D eigenvalue weighted by Crippen LogP contribution is -2.52. The molecule has 2 N–H and O–H groups in total. The molecule has 1 heterocycles. The standard InChI is InChI=1S/C13H21NO4/c15-11(16)8-13(6-7-18-9-13)14-12(17)10-4-2-1-3-5-10/h10H,1-9H2,(H,14,17)(H,15,16). The van der Waals surface area contributed by atoms with Crippen molar-refractivity contribution in [3.63, 3.8) is 0 Å². The third-order valence-electron chi connectivity index (χ3n) is 3.96. The fraction of sp³-hybridized carbons (Fsp3) is 0.846. The minimum atomic E-state index is -0.885. The molecule has 0 aromatic heterocycles. The van der Waals surface area contributed by atoms with Gasteiger partial charge >= 0.3 is 5.97 Å². The number of carboxylic acid groups (broad SMARTS) is 1. The Kier molecular flexibility index (Phi) is 4.22. The quantitative estimate of drug-likeness (QED) is 0.794. The molecule has 1 saturated carbocycles. The number of hydrogen-bond acceptors (Lipinski definition) is 3. The van der Waals surface area contributed by atoms with Crippen LogP contribution in [-0.2, 0) is 14.3 Å². The molecule has 18 heavy (non-hydrogen) atoms. The highest BCUT2D eigenvalue weighted by Crippen LogP contribution is 2.27. The lowest BCUT2D eigenvalue weighted by Gasteiger charge is -2.30. The number of amides is 1. The van der Waals surface area contributed by atoms with Crippen molar-refractivity contribution in [3.8, 4) is 0 Å². The molecule has 1 saturated heterocycles. The molecule has 2 aliphatic rings. The zero-order chi connectivity index (χ0) is 13.0. The SMILES string of the molecule is O=C(O)CC1(NC(=O)C2CCCCC2)CCOC1. The van der Waals surface area contributed by atoms with Crippen LogP contribution in [0, 0.1) is 5.92 Å². The molecule has 0 aromatic carbocycles. The maximum absolute atomic E-state index is 12.2. The van der Waals surface area contributed by atoms with Crippen molar-refractivity contribution in [2.45, 2.75) is 50.5 Å². The molecule has 102 valence electrons. The Morgan fingerprint density at radius 1 is 1.28 bits per heavy atom. The Balaban J connectivity index is 1.95. The van der Waals surface area contributed by atoms with Crippen LogP contribution in [0.1, 0.15) is 44.9 Å². The van der Waals surface area contributed by atoms with E-state index in [0.717, 1.165) is 25.7 Å². The summed E-state index contributed by atoms with van der Waals surface area (Å²) in [6.07, 6.45) is 5.79. The van der Waals surface area contributed by atoms with Gasteiger partial charge in [0.2, 0.25) is 5.91 Å². The summed E-state index contributed by atoms with van der Waals surface area (Å²) in [7, 11) is 0. The maximum Gasteiger partial charge on any atom is 0.305 e. The molecule has 1 atom stereocenters. The van der Waals surface area contributed by atoms with Gasteiger partial charge in [-0.1, -0.05) is 19.3 Å². The van der Waals surface area contributed by atoms with Gasteiger partial charge in [0.25, 0.3) is 0 Å². The van der Waals surface area contributed by atoms with Crippen molar-refractivity contribution >= 4 is 11.9 Å². The normalized spacial score (nSPS) is 29.1. The number of hydrogen-bond donors (Lipinski definition) is 2. The second-order valence-corrected chi connectivity index (χ2v) is 5.48. The van der Waals surface area contributed by atoms with Gasteiger partial charge in [0.15, 0.2) is 0 Å². The van der Waals surface area contributed by atoms with E-state index >= 15 is 0 Å². The maximum atomic E-state index is 12.2. The van der Waals surface area contributed by atoms with Crippen LogP contribution in [0.5, 0.6) is 0 Å². The van der Waals surface area contributed by atoms with E-state index in [-0.39, 0.29) is 18.2 Å². The largest absolute Gasteiger partial charge is 0.481 e. The Morgan fingerprint density at radius 2 is 2.00 bits per heavy atom. The van der Waals surface area contributed by atoms with E-state index in [1.807, 2.05) is 0 Å². The summed E-state index contributed by atoms with van der Waals surface area (Å²) in [5.41, 5.74) is -0.680. The fourth-order valence-electron chi connectivity index (χ4n) is 2.91. The molecule has 0 spiro atoms. The number of aliphatic carboxylic acids is 1. The van der Waals surface area contributed by atoms with Crippen LogP contribution in [-0.4, -0.2) is 35.7 Å². The number of ether oxygens (including phenoxy) is 1. The molecular weight excluding hydrogens is 234 g/mol. The van der Waals surface area contributed by atoms with Crippen LogP contribution >= 0.6 is 0 Å². The number of carbonyl (C=O) groups is 2. The van der Waals surface area contributed by atoms with Gasteiger partial charge in [0, 0.05) is 12.5 Å². The zero-order valence-electron chi connectivity index (χ0n) is 10.6. The van der Waals surface area contributed by atoms with E-state index in [1.165, 1.54) is 6.42 Å². The Hall–Kier alpha value is -1.10. The average Bonchev–Trinajstić information content (AvgIpc) is 2.77. The first-order valence-electron chi connectivity index (χ1n) is 6.73. The summed E-state index contributed by atoms with van der Waals surface area (Å²) in [5, 5.41) is 11.9. The van der Waals surface area contributed by atoms with Crippen molar-refractivity contribution in [2.75, 3.05) is 13.2 Å². The molecule has 0 bridgehead atoms. The van der Waals surface area contributed by atoms with Crippen molar-refractivity contribution in [3.05, 3.63) is 0 Å². The van der Waals surface area contributed by atoms with Crippen LogP contribution < -0.4 is 5.32 Å². The van der Waals surface area contributed by atoms with E-state index in [2.05, 4.69) is 5.32 Å². The first-order valence-corrected chi connectivity index (χ1v) is 6.73. The average molecular weight is 255 g/mol. The van der Waals surface area contributed by atoms with Gasteiger partial charge in [0.05, 0.1) is 18.6 Å². The monoisotopic (exact) mass is 255 g/mol. The number of carbonyl (C=O) groups excluding carboxylic acids is 1. The molecule has 1 aliphatic carbocycles. The van der Waals surface area contributed by atoms with Crippen molar-refractivity contribution in [2.24, 2.45) is 5.92 Å². The van der Waals surface area contributed by atoms with Crippen LogP contribution in [0.4, 0.5) is 0 Å². The second kappa shape index (κ2) is 5.69. The highest BCUT2D eigenvalue weighted by molar-refractivity contribution is 5.80. The van der Waals surface area contributed by atoms with Crippen LogP contribution in [0.15, 0.2) is 0 Å². The van der Waals surface area contributed by atoms with Crippen molar-refractivity contribution < 1.29 is 19.4 Å². The summed E-state index contributed by atoms with van der Waals surface area (Å²) in [6.45, 7) is 0.843. The predicted octanol–water partition coefficient (Wildman–Crippen LogP) is 1.32. The first kappa shape index (κ1) is 13.3. The molecule has 0 radical (unpaired) electrons. The highest BCUT2D eigenvalue weighted by Gasteiger charge is 2.39. The van der Waals surface area contributed by atoms with Crippen LogP contribution in [0.3, 0.4) is 0 Å². The third-order valence-corrected chi connectivity index (χ3v) is 3.96. The van der Waals surface area contributed by atoms with E-state index in [4.69, 9.17) is 9.84 Å². The van der Waals surface area contributed by atoms with E-state index < -0.39 is 11.5 Å². The predicted molar refractivity (Wildman–Crippen MR) is 65.1 cm³/mol. The second-order valence-electron chi connectivity index (χ2n) is 5.48. The van der Waals surface area contributed by atoms with Gasteiger partial charge in [-0.2, -0.15) is 0 Å². The van der Waals surface area contributed by atoms with Gasteiger partial charge in [0.1, 0.15) is 0 Å². The number of carboxylic acids is 1. The summed E-state index contributed by atoms with van der Waals surface area (Å²) < 4.78 is 5.27. The van der Waals surface area contributed by atoms with Crippen molar-refractivity contribution in [1.82, 2.24) is 5.32 Å². The summed E-state index contributed by atoms with van der Waals surface area (Å²) >= 11 is 0. The number of nitrogens with one attached hydrogen (secondary N) is 1. The molecule has 2 fully saturated rings. The molecule has 5 nitrogen and oxygen atoms in total. The fourth-order valence-corrected chi connectivity index (χ4v) is 2.91. The molecule has 0 aromatic rings. The lowest BCUT2D eigenvalue weighted by atomic mass is 9.86. The Bertz CT molecular complexity index is 317. The third kappa shape index (κ3) is 3.22. The van der Waals surface area contributed by atoms with Crippen LogP contribution in [0.2, 0.25) is 0 Å². The Morgan fingerprint density at radius 3 is 2.56 bits per heavy atom. The first-order chi connectivity index (χ1) is 8.61. The molecule has 1 amide bonds. The van der Waals surface area contributed by atoms with Crippen LogP contribution in [0.25, 0.3) is 0 Å². The number of rotatable bonds is 4.